The summed E-state index contributed by atoms with van der Waals surface area (Å²) in [6, 6.07) is 5.15. The number of hydrogen-bond acceptors (Lipinski definition) is 4. The minimum atomic E-state index is -1.49. The molecule has 0 atom stereocenters. The highest BCUT2D eigenvalue weighted by Gasteiger charge is 2.20. The lowest BCUT2D eigenvalue weighted by molar-refractivity contribution is 0.0641. The average Bonchev–Trinajstić information content (AvgIpc) is 2.38. The summed E-state index contributed by atoms with van der Waals surface area (Å²) in [4.78, 5) is 29.0. The van der Waals surface area contributed by atoms with Gasteiger partial charge in [-0.2, -0.15) is 0 Å². The summed E-state index contributed by atoms with van der Waals surface area (Å²) >= 11 is 0. The molecule has 0 bridgehead atoms. The number of aromatic carboxylic acids is 2. The molecule has 2 aromatic rings. The van der Waals surface area contributed by atoms with Gasteiger partial charge in [0.25, 0.3) is 0 Å². The van der Waals surface area contributed by atoms with E-state index in [4.69, 9.17) is 10.2 Å². The molecular weight excluding hydrogens is 255 g/mol. The van der Waals surface area contributed by atoms with Crippen LogP contribution in [-0.4, -0.2) is 32.1 Å². The van der Waals surface area contributed by atoms with Crippen molar-refractivity contribution in [2.45, 2.75) is 0 Å². The van der Waals surface area contributed by atoms with Gasteiger partial charge in [0.15, 0.2) is 11.4 Å². The molecule has 0 fully saturated rings. The molecule has 7 heteroatoms. The van der Waals surface area contributed by atoms with Gasteiger partial charge in [-0.15, -0.1) is 0 Å². The Kier molecular flexibility index (Phi) is 3.19. The van der Waals surface area contributed by atoms with Crippen molar-refractivity contribution in [2.75, 3.05) is 0 Å². The van der Waals surface area contributed by atoms with Gasteiger partial charge in [0.2, 0.25) is 0 Å². The number of carboxylic acids is 2. The summed E-state index contributed by atoms with van der Waals surface area (Å²) in [6.07, 6.45) is 1.13. The molecule has 1 aromatic heterocycles. The molecule has 0 aliphatic rings. The van der Waals surface area contributed by atoms with Crippen molar-refractivity contribution in [3.05, 3.63) is 47.7 Å². The predicted molar refractivity (Wildman–Crippen MR) is 61.3 cm³/mol. The SMILES string of the molecule is O=C(O)c1ncc(-c2ccc(F)cc2)nc1C(=O)O. The fraction of sp³-hybridized carbons (Fsp3) is 0. The quantitative estimate of drug-likeness (QED) is 0.872. The summed E-state index contributed by atoms with van der Waals surface area (Å²) in [5.74, 6) is -3.42. The molecular formula is C12H7FN2O4. The maximum absolute atomic E-state index is 12.8. The monoisotopic (exact) mass is 262 g/mol. The van der Waals surface area contributed by atoms with Crippen LogP contribution in [0.3, 0.4) is 0 Å². The van der Waals surface area contributed by atoms with Gasteiger partial charge in [-0.05, 0) is 24.3 Å². The number of carbonyl (C=O) groups is 2. The van der Waals surface area contributed by atoms with Crippen LogP contribution in [0.25, 0.3) is 11.3 Å². The first-order valence-electron chi connectivity index (χ1n) is 5.08. The third-order valence-corrected chi connectivity index (χ3v) is 2.32. The van der Waals surface area contributed by atoms with Crippen molar-refractivity contribution in [1.82, 2.24) is 9.97 Å². The van der Waals surface area contributed by atoms with Gasteiger partial charge in [-0.25, -0.2) is 23.9 Å². The molecule has 1 aromatic carbocycles. The minimum absolute atomic E-state index is 0.155. The smallest absolute Gasteiger partial charge is 0.357 e. The van der Waals surface area contributed by atoms with Crippen LogP contribution in [-0.2, 0) is 0 Å². The number of halogens is 1. The van der Waals surface area contributed by atoms with Gasteiger partial charge in [0.05, 0.1) is 11.9 Å². The Balaban J connectivity index is 2.55. The van der Waals surface area contributed by atoms with Gasteiger partial charge < -0.3 is 10.2 Å². The van der Waals surface area contributed by atoms with E-state index in [9.17, 15) is 14.0 Å². The minimum Gasteiger partial charge on any atom is -0.476 e. The van der Waals surface area contributed by atoms with Crippen molar-refractivity contribution < 1.29 is 24.2 Å². The fourth-order valence-electron chi connectivity index (χ4n) is 1.45. The van der Waals surface area contributed by atoms with Gasteiger partial charge in [-0.1, -0.05) is 0 Å². The largest absolute Gasteiger partial charge is 0.476 e. The first-order valence-corrected chi connectivity index (χ1v) is 5.08. The van der Waals surface area contributed by atoms with Crippen LogP contribution in [0.5, 0.6) is 0 Å². The normalized spacial score (nSPS) is 10.2. The zero-order valence-corrected chi connectivity index (χ0v) is 9.37. The van der Waals surface area contributed by atoms with Crippen LogP contribution in [0.1, 0.15) is 21.0 Å². The first-order chi connectivity index (χ1) is 8.99. The predicted octanol–water partition coefficient (Wildman–Crippen LogP) is 1.68. The van der Waals surface area contributed by atoms with E-state index in [0.29, 0.717) is 5.56 Å². The Bertz CT molecular complexity index is 655. The maximum atomic E-state index is 12.8. The lowest BCUT2D eigenvalue weighted by atomic mass is 10.1. The summed E-state index contributed by atoms with van der Waals surface area (Å²) in [5, 5.41) is 17.7. The van der Waals surface area contributed by atoms with Gasteiger partial charge >= 0.3 is 11.9 Å². The second kappa shape index (κ2) is 4.81. The van der Waals surface area contributed by atoms with Gasteiger partial charge in [0, 0.05) is 5.56 Å². The molecule has 0 aliphatic carbocycles. The Hall–Kier alpha value is -2.83. The summed E-state index contributed by atoms with van der Waals surface area (Å²) in [6.45, 7) is 0. The Labute approximate surface area is 106 Å². The van der Waals surface area contributed by atoms with E-state index in [2.05, 4.69) is 9.97 Å². The molecule has 2 rings (SSSR count). The molecule has 0 saturated carbocycles. The molecule has 96 valence electrons. The molecule has 0 amide bonds. The standard InChI is InChI=1S/C12H7FN2O4/c13-7-3-1-6(2-4-7)8-5-14-9(11(16)17)10(15-8)12(18)19/h1-5H,(H,16,17)(H,18,19). The molecule has 0 spiro atoms. The van der Waals surface area contributed by atoms with Crippen molar-refractivity contribution in [2.24, 2.45) is 0 Å². The zero-order valence-electron chi connectivity index (χ0n) is 9.37. The summed E-state index contributed by atoms with van der Waals surface area (Å²) in [7, 11) is 0. The van der Waals surface area contributed by atoms with Crippen LogP contribution >= 0.6 is 0 Å². The Morgan fingerprint density at radius 1 is 1.00 bits per heavy atom. The van der Waals surface area contributed by atoms with Crippen molar-refractivity contribution in [1.29, 1.82) is 0 Å². The van der Waals surface area contributed by atoms with E-state index >= 15 is 0 Å². The lowest BCUT2D eigenvalue weighted by Crippen LogP contribution is -2.13. The van der Waals surface area contributed by atoms with Crippen molar-refractivity contribution in [3.63, 3.8) is 0 Å². The zero-order chi connectivity index (χ0) is 14.0. The molecule has 0 unspecified atom stereocenters. The molecule has 0 aliphatic heterocycles. The number of aromatic nitrogens is 2. The van der Waals surface area contributed by atoms with E-state index < -0.39 is 29.1 Å². The second-order valence-electron chi connectivity index (χ2n) is 3.57. The number of carboxylic acid groups (broad SMARTS) is 2. The summed E-state index contributed by atoms with van der Waals surface area (Å²) in [5.41, 5.74) is -0.705. The van der Waals surface area contributed by atoms with E-state index in [1.807, 2.05) is 0 Å². The first kappa shape index (κ1) is 12.6. The lowest BCUT2D eigenvalue weighted by Gasteiger charge is -2.04. The molecule has 19 heavy (non-hydrogen) atoms. The van der Waals surface area contributed by atoms with E-state index in [1.54, 1.807) is 0 Å². The highest BCUT2D eigenvalue weighted by atomic mass is 19.1. The van der Waals surface area contributed by atoms with Gasteiger partial charge in [-0.3, -0.25) is 0 Å². The second-order valence-corrected chi connectivity index (χ2v) is 3.57. The molecule has 2 N–H and O–H groups in total. The fourth-order valence-corrected chi connectivity index (χ4v) is 1.45. The number of rotatable bonds is 3. The molecule has 6 nitrogen and oxygen atoms in total. The number of hydrogen-bond donors (Lipinski definition) is 2. The molecule has 0 saturated heterocycles. The van der Waals surface area contributed by atoms with Crippen LogP contribution in [0.2, 0.25) is 0 Å². The van der Waals surface area contributed by atoms with Crippen molar-refractivity contribution >= 4 is 11.9 Å². The third-order valence-electron chi connectivity index (χ3n) is 2.32. The Morgan fingerprint density at radius 2 is 1.58 bits per heavy atom. The number of benzene rings is 1. The highest BCUT2D eigenvalue weighted by molar-refractivity contribution is 5.99. The Morgan fingerprint density at radius 3 is 2.11 bits per heavy atom. The van der Waals surface area contributed by atoms with Crippen LogP contribution in [0, 0.1) is 5.82 Å². The van der Waals surface area contributed by atoms with Crippen LogP contribution in [0.15, 0.2) is 30.5 Å². The highest BCUT2D eigenvalue weighted by Crippen LogP contribution is 2.18. The van der Waals surface area contributed by atoms with Gasteiger partial charge in [0.1, 0.15) is 5.82 Å². The maximum Gasteiger partial charge on any atom is 0.357 e. The van der Waals surface area contributed by atoms with Crippen LogP contribution < -0.4 is 0 Å². The van der Waals surface area contributed by atoms with Crippen LogP contribution in [0.4, 0.5) is 4.39 Å². The number of nitrogens with zero attached hydrogens (tertiary/aromatic N) is 2. The van der Waals surface area contributed by atoms with E-state index in [-0.39, 0.29) is 5.69 Å². The van der Waals surface area contributed by atoms with E-state index in [1.165, 1.54) is 24.3 Å². The third kappa shape index (κ3) is 2.54. The summed E-state index contributed by atoms with van der Waals surface area (Å²) < 4.78 is 12.8. The molecule has 1 heterocycles. The van der Waals surface area contributed by atoms with E-state index in [0.717, 1.165) is 6.20 Å². The average molecular weight is 262 g/mol. The topological polar surface area (TPSA) is 100 Å². The van der Waals surface area contributed by atoms with Crippen molar-refractivity contribution in [3.8, 4) is 11.3 Å². The molecule has 0 radical (unpaired) electrons.